The molecule has 136 valence electrons. The zero-order chi connectivity index (χ0) is 19.2. The Balaban J connectivity index is 1.87. The fraction of sp³-hybridized carbons (Fsp3) is 0.0476. The molecule has 1 heterocycles. The Kier molecular flexibility index (Phi) is 5.88. The van der Waals surface area contributed by atoms with Crippen molar-refractivity contribution < 1.29 is 14.0 Å². The summed E-state index contributed by atoms with van der Waals surface area (Å²) in [6.07, 6.45) is 3.01. The zero-order valence-corrected chi connectivity index (χ0v) is 16.1. The molecule has 0 bridgehead atoms. The smallest absolute Gasteiger partial charge is 0.291 e. The third-order valence-electron chi connectivity index (χ3n) is 3.69. The van der Waals surface area contributed by atoms with E-state index in [1.807, 2.05) is 49.4 Å². The van der Waals surface area contributed by atoms with Gasteiger partial charge in [-0.05, 0) is 60.5 Å². The molecule has 0 spiro atoms. The highest BCUT2D eigenvalue weighted by Crippen LogP contribution is 2.15. The van der Waals surface area contributed by atoms with Gasteiger partial charge in [-0.1, -0.05) is 40.2 Å². The average molecular weight is 425 g/mol. The first kappa shape index (κ1) is 18.7. The number of hydrogen-bond donors (Lipinski definition) is 2. The van der Waals surface area contributed by atoms with Crippen LogP contribution in [0.1, 0.15) is 21.7 Å². The lowest BCUT2D eigenvalue weighted by Gasteiger charge is -2.11. The van der Waals surface area contributed by atoms with Gasteiger partial charge in [-0.2, -0.15) is 0 Å². The largest absolute Gasteiger partial charge is 0.459 e. The molecule has 27 heavy (non-hydrogen) atoms. The topological polar surface area (TPSA) is 71.3 Å². The molecule has 0 aliphatic heterocycles. The Morgan fingerprint density at radius 3 is 2.48 bits per heavy atom. The molecular formula is C21H17BrN2O3. The van der Waals surface area contributed by atoms with Crippen molar-refractivity contribution in [1.29, 1.82) is 0 Å². The number of halogens is 1. The molecule has 0 radical (unpaired) electrons. The van der Waals surface area contributed by atoms with E-state index in [1.54, 1.807) is 18.2 Å². The molecule has 3 rings (SSSR count). The van der Waals surface area contributed by atoms with Crippen molar-refractivity contribution in [3.63, 3.8) is 0 Å². The second-order valence-electron chi connectivity index (χ2n) is 5.86. The van der Waals surface area contributed by atoms with Crippen LogP contribution in [0.15, 0.2) is 81.5 Å². The Morgan fingerprint density at radius 1 is 1.04 bits per heavy atom. The minimum atomic E-state index is -0.497. The summed E-state index contributed by atoms with van der Waals surface area (Å²) in [5, 5.41) is 5.43. The van der Waals surface area contributed by atoms with E-state index in [-0.39, 0.29) is 11.5 Å². The molecule has 2 aromatic carbocycles. The quantitative estimate of drug-likeness (QED) is 0.579. The fourth-order valence-electron chi connectivity index (χ4n) is 2.40. The molecule has 0 saturated carbocycles. The third kappa shape index (κ3) is 5.18. The van der Waals surface area contributed by atoms with Crippen molar-refractivity contribution in [1.82, 2.24) is 5.32 Å². The number of amides is 2. The number of hydrogen-bond acceptors (Lipinski definition) is 3. The summed E-state index contributed by atoms with van der Waals surface area (Å²) in [4.78, 5) is 25.1. The number of nitrogens with one attached hydrogen (secondary N) is 2. The summed E-state index contributed by atoms with van der Waals surface area (Å²) in [5.74, 6) is -0.800. The number of aryl methyl sites for hydroxylation is 1. The van der Waals surface area contributed by atoms with Crippen LogP contribution in [-0.4, -0.2) is 11.8 Å². The fourth-order valence-corrected chi connectivity index (χ4v) is 2.66. The molecule has 2 amide bonds. The van der Waals surface area contributed by atoms with Gasteiger partial charge in [0.2, 0.25) is 0 Å². The molecular weight excluding hydrogens is 408 g/mol. The SMILES string of the molecule is Cc1cccc(NC(=O)C(=Cc2ccc(Br)cc2)NC(=O)c2ccco2)c1. The van der Waals surface area contributed by atoms with Crippen molar-refractivity contribution in [3.8, 4) is 0 Å². The highest BCUT2D eigenvalue weighted by Gasteiger charge is 2.16. The van der Waals surface area contributed by atoms with E-state index in [1.165, 1.54) is 12.3 Å². The van der Waals surface area contributed by atoms with Gasteiger partial charge in [0.15, 0.2) is 5.76 Å². The molecule has 3 aromatic rings. The van der Waals surface area contributed by atoms with Gasteiger partial charge in [-0.25, -0.2) is 0 Å². The van der Waals surface area contributed by atoms with Crippen molar-refractivity contribution in [2.75, 3.05) is 5.32 Å². The lowest BCUT2D eigenvalue weighted by molar-refractivity contribution is -0.113. The highest BCUT2D eigenvalue weighted by atomic mass is 79.9. The summed E-state index contributed by atoms with van der Waals surface area (Å²) < 4.78 is 6.02. The molecule has 2 N–H and O–H groups in total. The second-order valence-corrected chi connectivity index (χ2v) is 6.78. The molecule has 0 unspecified atom stereocenters. The van der Waals surface area contributed by atoms with E-state index < -0.39 is 11.8 Å². The number of benzene rings is 2. The van der Waals surface area contributed by atoms with Gasteiger partial charge in [-0.15, -0.1) is 0 Å². The van der Waals surface area contributed by atoms with Crippen LogP contribution in [0.2, 0.25) is 0 Å². The number of furan rings is 1. The summed E-state index contributed by atoms with van der Waals surface area (Å²) in [5.41, 5.74) is 2.55. The number of rotatable bonds is 5. The van der Waals surface area contributed by atoms with Gasteiger partial charge >= 0.3 is 0 Å². The molecule has 0 aliphatic rings. The van der Waals surface area contributed by atoms with Crippen LogP contribution < -0.4 is 10.6 Å². The van der Waals surface area contributed by atoms with Gasteiger partial charge in [0.05, 0.1) is 6.26 Å². The Bertz CT molecular complexity index is 977. The maximum atomic E-state index is 12.8. The molecule has 0 saturated heterocycles. The minimum absolute atomic E-state index is 0.111. The maximum absolute atomic E-state index is 12.8. The van der Waals surface area contributed by atoms with Crippen LogP contribution >= 0.6 is 15.9 Å². The van der Waals surface area contributed by atoms with Crippen LogP contribution in [0.5, 0.6) is 0 Å². The first-order chi connectivity index (χ1) is 13.0. The van der Waals surface area contributed by atoms with E-state index in [4.69, 9.17) is 4.42 Å². The highest BCUT2D eigenvalue weighted by molar-refractivity contribution is 9.10. The van der Waals surface area contributed by atoms with Gasteiger partial charge in [0.1, 0.15) is 5.70 Å². The van der Waals surface area contributed by atoms with Crippen molar-refractivity contribution in [3.05, 3.63) is 94.0 Å². The van der Waals surface area contributed by atoms with Crippen LogP contribution in [0, 0.1) is 6.92 Å². The lowest BCUT2D eigenvalue weighted by atomic mass is 10.1. The van der Waals surface area contributed by atoms with Crippen LogP contribution in [-0.2, 0) is 4.79 Å². The molecule has 0 atom stereocenters. The second kappa shape index (κ2) is 8.51. The van der Waals surface area contributed by atoms with E-state index >= 15 is 0 Å². The molecule has 1 aromatic heterocycles. The van der Waals surface area contributed by atoms with Gasteiger partial charge < -0.3 is 15.1 Å². The molecule has 5 nitrogen and oxygen atoms in total. The summed E-state index contributed by atoms with van der Waals surface area (Å²) in [6.45, 7) is 1.94. The third-order valence-corrected chi connectivity index (χ3v) is 4.22. The number of carbonyl (C=O) groups excluding carboxylic acids is 2. The average Bonchev–Trinajstić information content (AvgIpc) is 3.18. The summed E-state index contributed by atoms with van der Waals surface area (Å²) >= 11 is 3.38. The van der Waals surface area contributed by atoms with Crippen molar-refractivity contribution >= 4 is 39.5 Å². The number of carbonyl (C=O) groups is 2. The van der Waals surface area contributed by atoms with Crippen LogP contribution in [0.25, 0.3) is 6.08 Å². The Morgan fingerprint density at radius 2 is 1.81 bits per heavy atom. The van der Waals surface area contributed by atoms with Crippen molar-refractivity contribution in [2.24, 2.45) is 0 Å². The summed E-state index contributed by atoms with van der Waals surface area (Å²) in [7, 11) is 0. The standard InChI is InChI=1S/C21H17BrN2O3/c1-14-4-2-5-17(12-14)23-20(25)18(13-15-7-9-16(22)10-8-15)24-21(26)19-6-3-11-27-19/h2-13H,1H3,(H,23,25)(H,24,26). The minimum Gasteiger partial charge on any atom is -0.459 e. The van der Waals surface area contributed by atoms with Crippen LogP contribution in [0.3, 0.4) is 0 Å². The monoisotopic (exact) mass is 424 g/mol. The Labute approximate surface area is 165 Å². The van der Waals surface area contributed by atoms with Gasteiger partial charge in [-0.3, -0.25) is 9.59 Å². The lowest BCUT2D eigenvalue weighted by Crippen LogP contribution is -2.30. The van der Waals surface area contributed by atoms with Gasteiger partial charge in [0, 0.05) is 10.2 Å². The first-order valence-electron chi connectivity index (χ1n) is 8.21. The van der Waals surface area contributed by atoms with Gasteiger partial charge in [0.25, 0.3) is 11.8 Å². The summed E-state index contributed by atoms with van der Waals surface area (Å²) in [6, 6.07) is 18.0. The molecule has 0 fully saturated rings. The van der Waals surface area contributed by atoms with E-state index in [0.29, 0.717) is 5.69 Å². The predicted octanol–water partition coefficient (Wildman–Crippen LogP) is 4.76. The molecule has 6 heteroatoms. The van der Waals surface area contributed by atoms with Crippen LogP contribution in [0.4, 0.5) is 5.69 Å². The normalized spacial score (nSPS) is 11.1. The molecule has 0 aliphatic carbocycles. The van der Waals surface area contributed by atoms with Crippen molar-refractivity contribution in [2.45, 2.75) is 6.92 Å². The predicted molar refractivity (Wildman–Crippen MR) is 108 cm³/mol. The first-order valence-corrected chi connectivity index (χ1v) is 9.01. The number of anilines is 1. The van der Waals surface area contributed by atoms with E-state index in [0.717, 1.165) is 15.6 Å². The Hall–Kier alpha value is -3.12. The zero-order valence-electron chi connectivity index (χ0n) is 14.5. The van der Waals surface area contributed by atoms with E-state index in [2.05, 4.69) is 26.6 Å². The van der Waals surface area contributed by atoms with E-state index in [9.17, 15) is 9.59 Å². The maximum Gasteiger partial charge on any atom is 0.291 e.